The van der Waals surface area contributed by atoms with Crippen molar-refractivity contribution >= 4 is 5.91 Å². The van der Waals surface area contributed by atoms with Crippen molar-refractivity contribution in [2.24, 2.45) is 0 Å². The number of hydrogen-bond donors (Lipinski definition) is 0. The first-order valence-electron chi connectivity index (χ1n) is 4.33. The van der Waals surface area contributed by atoms with Gasteiger partial charge in [0.05, 0.1) is 0 Å². The predicted molar refractivity (Wildman–Crippen MR) is 48.9 cm³/mol. The molecule has 0 N–H and O–H groups in total. The summed E-state index contributed by atoms with van der Waals surface area (Å²) in [5, 5.41) is 0. The summed E-state index contributed by atoms with van der Waals surface area (Å²) in [6.07, 6.45) is 1.91. The third-order valence-electron chi connectivity index (χ3n) is 2.20. The fourth-order valence-corrected chi connectivity index (χ4v) is 1.43. The highest BCUT2D eigenvalue weighted by molar-refractivity contribution is 5.73. The van der Waals surface area contributed by atoms with Gasteiger partial charge in [-0.3, -0.25) is 9.69 Å². The van der Waals surface area contributed by atoms with E-state index in [1.54, 1.807) is 6.92 Å². The van der Waals surface area contributed by atoms with Gasteiger partial charge in [0.25, 0.3) is 0 Å². The van der Waals surface area contributed by atoms with Gasteiger partial charge >= 0.3 is 0 Å². The first-order valence-corrected chi connectivity index (χ1v) is 4.33. The van der Waals surface area contributed by atoms with Crippen LogP contribution in [0.1, 0.15) is 6.92 Å². The molecule has 0 unspecified atom stereocenters. The Labute approximate surface area is 73.6 Å². The van der Waals surface area contributed by atoms with E-state index in [1.807, 2.05) is 11.0 Å². The van der Waals surface area contributed by atoms with Crippen LogP contribution in [0.2, 0.25) is 0 Å². The van der Waals surface area contributed by atoms with Gasteiger partial charge in [0.1, 0.15) is 0 Å². The standard InChI is InChI=1S/C9H16N2O/c1-3-4-10-5-7-11(8-6-10)9(2)12/h3H,1,4-8H2,2H3. The fraction of sp³-hybridized carbons (Fsp3) is 0.667. The van der Waals surface area contributed by atoms with E-state index >= 15 is 0 Å². The van der Waals surface area contributed by atoms with Crippen LogP contribution in [0, 0.1) is 0 Å². The number of piperazine rings is 1. The molecule has 1 aliphatic rings. The topological polar surface area (TPSA) is 23.6 Å². The first-order chi connectivity index (χ1) is 5.74. The minimum absolute atomic E-state index is 0.188. The molecule has 1 heterocycles. The number of hydrogen-bond acceptors (Lipinski definition) is 2. The van der Waals surface area contributed by atoms with Gasteiger partial charge in [-0.2, -0.15) is 0 Å². The Morgan fingerprint density at radius 3 is 2.42 bits per heavy atom. The molecule has 0 aromatic carbocycles. The molecule has 1 aliphatic heterocycles. The Kier molecular flexibility index (Phi) is 3.29. The van der Waals surface area contributed by atoms with Crippen molar-refractivity contribution in [1.82, 2.24) is 9.80 Å². The highest BCUT2D eigenvalue weighted by atomic mass is 16.2. The molecule has 0 bridgehead atoms. The van der Waals surface area contributed by atoms with Crippen LogP contribution in [0.5, 0.6) is 0 Å². The van der Waals surface area contributed by atoms with E-state index in [0.717, 1.165) is 32.7 Å². The first kappa shape index (κ1) is 9.26. The smallest absolute Gasteiger partial charge is 0.219 e. The van der Waals surface area contributed by atoms with E-state index in [2.05, 4.69) is 11.5 Å². The third kappa shape index (κ3) is 2.34. The third-order valence-corrected chi connectivity index (χ3v) is 2.20. The SMILES string of the molecule is C=CCN1CCN(C(C)=O)CC1. The summed E-state index contributed by atoms with van der Waals surface area (Å²) < 4.78 is 0. The number of rotatable bonds is 2. The van der Waals surface area contributed by atoms with Gasteiger partial charge in [-0.05, 0) is 0 Å². The van der Waals surface area contributed by atoms with E-state index in [4.69, 9.17) is 0 Å². The maximum absolute atomic E-state index is 11.0. The second-order valence-corrected chi connectivity index (χ2v) is 3.10. The average Bonchev–Trinajstić information content (AvgIpc) is 2.06. The van der Waals surface area contributed by atoms with Crippen molar-refractivity contribution in [2.45, 2.75) is 6.92 Å². The predicted octanol–water partition coefficient (Wildman–Crippen LogP) is 0.337. The highest BCUT2D eigenvalue weighted by Crippen LogP contribution is 2.00. The van der Waals surface area contributed by atoms with Crippen molar-refractivity contribution in [3.05, 3.63) is 12.7 Å². The lowest BCUT2D eigenvalue weighted by Crippen LogP contribution is -2.47. The van der Waals surface area contributed by atoms with Crippen LogP contribution < -0.4 is 0 Å². The average molecular weight is 168 g/mol. The Bertz CT molecular complexity index is 171. The minimum atomic E-state index is 0.188. The van der Waals surface area contributed by atoms with E-state index in [0.29, 0.717) is 0 Å². The molecule has 0 atom stereocenters. The molecule has 1 saturated heterocycles. The van der Waals surface area contributed by atoms with Gasteiger partial charge in [0, 0.05) is 39.6 Å². The fourth-order valence-electron chi connectivity index (χ4n) is 1.43. The molecule has 0 aromatic heterocycles. The van der Waals surface area contributed by atoms with E-state index in [9.17, 15) is 4.79 Å². The Morgan fingerprint density at radius 2 is 2.00 bits per heavy atom. The van der Waals surface area contributed by atoms with Gasteiger partial charge in [-0.15, -0.1) is 6.58 Å². The molecule has 0 radical (unpaired) electrons. The Balaban J connectivity index is 2.29. The van der Waals surface area contributed by atoms with Crippen LogP contribution in [-0.2, 0) is 4.79 Å². The highest BCUT2D eigenvalue weighted by Gasteiger charge is 2.16. The Morgan fingerprint density at radius 1 is 1.42 bits per heavy atom. The molecule has 0 spiro atoms. The van der Waals surface area contributed by atoms with Crippen molar-refractivity contribution in [2.75, 3.05) is 32.7 Å². The normalized spacial score (nSPS) is 19.2. The largest absolute Gasteiger partial charge is 0.340 e. The second kappa shape index (κ2) is 4.26. The molecule has 0 aliphatic carbocycles. The summed E-state index contributed by atoms with van der Waals surface area (Å²) in [4.78, 5) is 15.1. The van der Waals surface area contributed by atoms with Gasteiger partial charge in [-0.1, -0.05) is 6.08 Å². The molecule has 1 amide bonds. The summed E-state index contributed by atoms with van der Waals surface area (Å²) in [7, 11) is 0. The monoisotopic (exact) mass is 168 g/mol. The van der Waals surface area contributed by atoms with Crippen molar-refractivity contribution < 1.29 is 4.79 Å². The molecule has 12 heavy (non-hydrogen) atoms. The molecule has 68 valence electrons. The second-order valence-electron chi connectivity index (χ2n) is 3.10. The number of carbonyl (C=O) groups is 1. The lowest BCUT2D eigenvalue weighted by Gasteiger charge is -2.33. The lowest BCUT2D eigenvalue weighted by atomic mass is 10.3. The summed E-state index contributed by atoms with van der Waals surface area (Å²) in [6, 6.07) is 0. The molecule has 0 saturated carbocycles. The van der Waals surface area contributed by atoms with E-state index in [1.165, 1.54) is 0 Å². The van der Waals surface area contributed by atoms with Crippen LogP contribution in [0.25, 0.3) is 0 Å². The lowest BCUT2D eigenvalue weighted by molar-refractivity contribution is -0.130. The zero-order chi connectivity index (χ0) is 8.97. The molecule has 0 aromatic rings. The van der Waals surface area contributed by atoms with Crippen LogP contribution >= 0.6 is 0 Å². The van der Waals surface area contributed by atoms with Crippen LogP contribution in [0.4, 0.5) is 0 Å². The van der Waals surface area contributed by atoms with E-state index in [-0.39, 0.29) is 5.91 Å². The van der Waals surface area contributed by atoms with Crippen LogP contribution in [-0.4, -0.2) is 48.4 Å². The number of carbonyl (C=O) groups excluding carboxylic acids is 1. The molecule has 3 heteroatoms. The van der Waals surface area contributed by atoms with Crippen LogP contribution in [0.15, 0.2) is 12.7 Å². The molecular weight excluding hydrogens is 152 g/mol. The summed E-state index contributed by atoms with van der Waals surface area (Å²) in [5.41, 5.74) is 0. The van der Waals surface area contributed by atoms with Crippen molar-refractivity contribution in [3.63, 3.8) is 0 Å². The van der Waals surface area contributed by atoms with Gasteiger partial charge < -0.3 is 4.90 Å². The molecular formula is C9H16N2O. The van der Waals surface area contributed by atoms with Crippen molar-refractivity contribution in [3.8, 4) is 0 Å². The quantitative estimate of drug-likeness (QED) is 0.555. The van der Waals surface area contributed by atoms with Gasteiger partial charge in [-0.25, -0.2) is 0 Å². The van der Waals surface area contributed by atoms with E-state index < -0.39 is 0 Å². The summed E-state index contributed by atoms with van der Waals surface area (Å²) >= 11 is 0. The van der Waals surface area contributed by atoms with Crippen LogP contribution in [0.3, 0.4) is 0 Å². The number of amides is 1. The maximum Gasteiger partial charge on any atom is 0.219 e. The zero-order valence-corrected chi connectivity index (χ0v) is 7.62. The number of nitrogens with zero attached hydrogens (tertiary/aromatic N) is 2. The van der Waals surface area contributed by atoms with Gasteiger partial charge in [0.15, 0.2) is 0 Å². The minimum Gasteiger partial charge on any atom is -0.340 e. The molecule has 1 fully saturated rings. The summed E-state index contributed by atoms with van der Waals surface area (Å²) in [6.45, 7) is 9.94. The van der Waals surface area contributed by atoms with Gasteiger partial charge in [0.2, 0.25) is 5.91 Å². The zero-order valence-electron chi connectivity index (χ0n) is 7.62. The molecule has 1 rings (SSSR count). The van der Waals surface area contributed by atoms with Crippen molar-refractivity contribution in [1.29, 1.82) is 0 Å². The summed E-state index contributed by atoms with van der Waals surface area (Å²) in [5.74, 6) is 0.188. The Hall–Kier alpha value is -0.830. The maximum atomic E-state index is 11.0. The molecule has 3 nitrogen and oxygen atoms in total.